The van der Waals surface area contributed by atoms with Gasteiger partial charge in [0.15, 0.2) is 5.96 Å². The minimum atomic E-state index is -0.145. The molecule has 18 heavy (non-hydrogen) atoms. The van der Waals surface area contributed by atoms with Gasteiger partial charge in [0.05, 0.1) is 6.54 Å². The quantitative estimate of drug-likeness (QED) is 0.638. The van der Waals surface area contributed by atoms with Crippen molar-refractivity contribution in [3.05, 3.63) is 34.6 Å². The van der Waals surface area contributed by atoms with Crippen LogP contribution in [0.15, 0.2) is 17.1 Å². The molecule has 4 heteroatoms. The summed E-state index contributed by atoms with van der Waals surface area (Å²) in [5.41, 5.74) is 8.01. The minimum absolute atomic E-state index is 0.145. The van der Waals surface area contributed by atoms with Crippen molar-refractivity contribution in [1.82, 2.24) is 5.32 Å². The van der Waals surface area contributed by atoms with E-state index in [1.807, 2.05) is 12.1 Å². The van der Waals surface area contributed by atoms with E-state index in [1.165, 1.54) is 0 Å². The standard InChI is InChI=1S/C14H22FN3/c1-9(2)7-17-14(16)18-8-12-5-10(3)13(15)11(4)6-12/h5-6,9H,7-8H2,1-4H3,(H3,16,17,18). The summed E-state index contributed by atoms with van der Waals surface area (Å²) in [6.07, 6.45) is 0. The molecule has 0 aliphatic heterocycles. The zero-order valence-corrected chi connectivity index (χ0v) is 11.5. The van der Waals surface area contributed by atoms with Gasteiger partial charge in [-0.2, -0.15) is 0 Å². The number of halogens is 1. The lowest BCUT2D eigenvalue weighted by Gasteiger charge is -2.08. The summed E-state index contributed by atoms with van der Waals surface area (Å²) in [7, 11) is 0. The van der Waals surface area contributed by atoms with Gasteiger partial charge in [-0.05, 0) is 36.5 Å². The van der Waals surface area contributed by atoms with Gasteiger partial charge >= 0.3 is 0 Å². The molecule has 1 aromatic carbocycles. The van der Waals surface area contributed by atoms with Crippen LogP contribution in [0.5, 0.6) is 0 Å². The van der Waals surface area contributed by atoms with Crippen molar-refractivity contribution in [2.24, 2.45) is 16.6 Å². The summed E-state index contributed by atoms with van der Waals surface area (Å²) in [5.74, 6) is 0.811. The fourth-order valence-corrected chi connectivity index (χ4v) is 1.67. The van der Waals surface area contributed by atoms with E-state index < -0.39 is 0 Å². The summed E-state index contributed by atoms with van der Waals surface area (Å²) in [4.78, 5) is 4.24. The molecular formula is C14H22FN3. The number of hydrogen-bond acceptors (Lipinski definition) is 1. The van der Waals surface area contributed by atoms with E-state index in [0.717, 1.165) is 12.1 Å². The third-order valence-electron chi connectivity index (χ3n) is 2.62. The molecule has 0 unspecified atom stereocenters. The molecule has 0 bridgehead atoms. The number of nitrogens with one attached hydrogen (secondary N) is 1. The summed E-state index contributed by atoms with van der Waals surface area (Å²) in [6, 6.07) is 3.61. The van der Waals surface area contributed by atoms with E-state index in [9.17, 15) is 4.39 Å². The molecular weight excluding hydrogens is 229 g/mol. The van der Waals surface area contributed by atoms with Crippen LogP contribution in [0.25, 0.3) is 0 Å². The minimum Gasteiger partial charge on any atom is -0.370 e. The Labute approximate surface area is 108 Å². The second-order valence-electron chi connectivity index (χ2n) is 5.02. The van der Waals surface area contributed by atoms with E-state index in [0.29, 0.717) is 29.5 Å². The van der Waals surface area contributed by atoms with Crippen molar-refractivity contribution in [3.8, 4) is 0 Å². The summed E-state index contributed by atoms with van der Waals surface area (Å²) in [5, 5.41) is 3.05. The van der Waals surface area contributed by atoms with Crippen molar-refractivity contribution >= 4 is 5.96 Å². The Kier molecular flexibility index (Phi) is 5.13. The highest BCUT2D eigenvalue weighted by molar-refractivity contribution is 5.77. The molecule has 0 amide bonds. The van der Waals surface area contributed by atoms with Crippen LogP contribution in [0.1, 0.15) is 30.5 Å². The van der Waals surface area contributed by atoms with E-state index in [-0.39, 0.29) is 5.82 Å². The molecule has 0 saturated carbocycles. The number of aliphatic imine (C=N–C) groups is 1. The molecule has 0 saturated heterocycles. The molecule has 0 radical (unpaired) electrons. The maximum absolute atomic E-state index is 13.4. The number of guanidine groups is 1. The van der Waals surface area contributed by atoms with Crippen LogP contribution in [0.2, 0.25) is 0 Å². The normalized spacial score (nSPS) is 12.0. The van der Waals surface area contributed by atoms with E-state index >= 15 is 0 Å². The highest BCUT2D eigenvalue weighted by Gasteiger charge is 2.04. The van der Waals surface area contributed by atoms with Gasteiger partial charge in [0.25, 0.3) is 0 Å². The fourth-order valence-electron chi connectivity index (χ4n) is 1.67. The fraction of sp³-hybridized carbons (Fsp3) is 0.500. The Balaban J connectivity index is 2.65. The van der Waals surface area contributed by atoms with Gasteiger partial charge in [0.2, 0.25) is 0 Å². The molecule has 0 heterocycles. The average Bonchev–Trinajstić information content (AvgIpc) is 2.30. The average molecular weight is 251 g/mol. The smallest absolute Gasteiger partial charge is 0.188 e. The van der Waals surface area contributed by atoms with Crippen LogP contribution in [-0.4, -0.2) is 12.5 Å². The zero-order valence-electron chi connectivity index (χ0n) is 11.5. The lowest BCUT2D eigenvalue weighted by atomic mass is 10.1. The Bertz CT molecular complexity index is 416. The Morgan fingerprint density at radius 3 is 2.39 bits per heavy atom. The number of nitrogens with zero attached hydrogens (tertiary/aromatic N) is 1. The van der Waals surface area contributed by atoms with Gasteiger partial charge in [-0.3, -0.25) is 0 Å². The van der Waals surface area contributed by atoms with Crippen molar-refractivity contribution in [3.63, 3.8) is 0 Å². The maximum Gasteiger partial charge on any atom is 0.188 e. The number of rotatable bonds is 4. The summed E-state index contributed by atoms with van der Waals surface area (Å²) >= 11 is 0. The van der Waals surface area contributed by atoms with Crippen molar-refractivity contribution in [2.75, 3.05) is 6.54 Å². The Hall–Kier alpha value is -1.58. The molecule has 0 aliphatic rings. The molecule has 3 N–H and O–H groups in total. The first-order chi connectivity index (χ1) is 8.40. The maximum atomic E-state index is 13.4. The van der Waals surface area contributed by atoms with Gasteiger partial charge < -0.3 is 11.1 Å². The first kappa shape index (κ1) is 14.5. The van der Waals surface area contributed by atoms with Gasteiger partial charge in [-0.15, -0.1) is 0 Å². The number of hydrogen-bond donors (Lipinski definition) is 2. The number of nitrogens with two attached hydrogens (primary N) is 1. The molecule has 1 aromatic rings. The van der Waals surface area contributed by atoms with E-state index in [4.69, 9.17) is 5.73 Å². The predicted molar refractivity (Wildman–Crippen MR) is 74.0 cm³/mol. The third kappa shape index (κ3) is 4.35. The monoisotopic (exact) mass is 251 g/mol. The van der Waals surface area contributed by atoms with Crippen LogP contribution in [-0.2, 0) is 6.54 Å². The molecule has 100 valence electrons. The van der Waals surface area contributed by atoms with Crippen LogP contribution in [0.3, 0.4) is 0 Å². The van der Waals surface area contributed by atoms with Crippen molar-refractivity contribution in [1.29, 1.82) is 0 Å². The lowest BCUT2D eigenvalue weighted by molar-refractivity contribution is 0.608. The molecule has 3 nitrogen and oxygen atoms in total. The number of benzene rings is 1. The summed E-state index contributed by atoms with van der Waals surface area (Å²) < 4.78 is 13.4. The van der Waals surface area contributed by atoms with Crippen molar-refractivity contribution < 1.29 is 4.39 Å². The molecule has 0 atom stereocenters. The van der Waals surface area contributed by atoms with Crippen molar-refractivity contribution in [2.45, 2.75) is 34.2 Å². The molecule has 0 aliphatic carbocycles. The molecule has 1 rings (SSSR count). The number of aryl methyl sites for hydroxylation is 2. The lowest BCUT2D eigenvalue weighted by Crippen LogP contribution is -2.34. The van der Waals surface area contributed by atoms with Crippen LogP contribution in [0.4, 0.5) is 4.39 Å². The first-order valence-corrected chi connectivity index (χ1v) is 6.19. The van der Waals surface area contributed by atoms with Gasteiger partial charge in [-0.1, -0.05) is 26.0 Å². The zero-order chi connectivity index (χ0) is 13.7. The second kappa shape index (κ2) is 6.38. The largest absolute Gasteiger partial charge is 0.370 e. The molecule has 0 fully saturated rings. The van der Waals surface area contributed by atoms with Gasteiger partial charge in [-0.25, -0.2) is 9.38 Å². The predicted octanol–water partition coefficient (Wildman–Crippen LogP) is 2.50. The van der Waals surface area contributed by atoms with Crippen LogP contribution in [0, 0.1) is 25.6 Å². The van der Waals surface area contributed by atoms with E-state index in [2.05, 4.69) is 24.2 Å². The SMILES string of the molecule is Cc1cc(CN=C(N)NCC(C)C)cc(C)c1F. The molecule has 0 aromatic heterocycles. The van der Waals surface area contributed by atoms with Gasteiger partial charge in [0, 0.05) is 6.54 Å². The van der Waals surface area contributed by atoms with Crippen LogP contribution >= 0.6 is 0 Å². The highest BCUT2D eigenvalue weighted by atomic mass is 19.1. The van der Waals surface area contributed by atoms with Gasteiger partial charge in [0.1, 0.15) is 5.82 Å². The summed E-state index contributed by atoms with van der Waals surface area (Å²) in [6.45, 7) is 9.00. The third-order valence-corrected chi connectivity index (χ3v) is 2.62. The highest BCUT2D eigenvalue weighted by Crippen LogP contribution is 2.15. The Morgan fingerprint density at radius 2 is 1.89 bits per heavy atom. The molecule has 0 spiro atoms. The Morgan fingerprint density at radius 1 is 1.33 bits per heavy atom. The second-order valence-corrected chi connectivity index (χ2v) is 5.02. The first-order valence-electron chi connectivity index (χ1n) is 6.19. The topological polar surface area (TPSA) is 50.4 Å². The van der Waals surface area contributed by atoms with E-state index in [1.54, 1.807) is 13.8 Å². The van der Waals surface area contributed by atoms with Crippen LogP contribution < -0.4 is 11.1 Å².